The van der Waals surface area contributed by atoms with Crippen molar-refractivity contribution in [2.24, 2.45) is 5.73 Å². The largest absolute Gasteiger partial charge is 0.383 e. The molecule has 0 amide bonds. The number of aromatic nitrogens is 4. The molecule has 1 unspecified atom stereocenters. The van der Waals surface area contributed by atoms with Gasteiger partial charge < -0.3 is 11.5 Å². The van der Waals surface area contributed by atoms with Gasteiger partial charge in [-0.25, -0.2) is 4.98 Å². The van der Waals surface area contributed by atoms with Crippen LogP contribution >= 0.6 is 11.6 Å². The molecule has 0 fully saturated rings. The zero-order chi connectivity index (χ0) is 10.8. The lowest BCUT2D eigenvalue weighted by atomic mass is 10.1. The molecule has 15 heavy (non-hydrogen) atoms. The molecule has 0 saturated heterocycles. The van der Waals surface area contributed by atoms with Gasteiger partial charge in [-0.2, -0.15) is 15.4 Å². The minimum absolute atomic E-state index is 0.343. The number of pyridine rings is 1. The van der Waals surface area contributed by atoms with Crippen LogP contribution in [0, 0.1) is 0 Å². The summed E-state index contributed by atoms with van der Waals surface area (Å²) < 4.78 is 0. The van der Waals surface area contributed by atoms with Crippen LogP contribution < -0.4 is 11.5 Å². The average Bonchev–Trinajstić information content (AvgIpc) is 2.74. The Kier molecular flexibility index (Phi) is 2.53. The number of nitrogens with zero attached hydrogens (tertiary/aromatic N) is 3. The van der Waals surface area contributed by atoms with Crippen molar-refractivity contribution in [3.05, 3.63) is 34.7 Å². The predicted molar refractivity (Wildman–Crippen MR) is 56.1 cm³/mol. The number of hydrogen-bond donors (Lipinski definition) is 3. The van der Waals surface area contributed by atoms with Gasteiger partial charge in [-0.1, -0.05) is 11.6 Å². The predicted octanol–water partition coefficient (Wildman–Crippen LogP) is 0.483. The third kappa shape index (κ3) is 1.90. The van der Waals surface area contributed by atoms with Gasteiger partial charge in [0, 0.05) is 11.8 Å². The van der Waals surface area contributed by atoms with Crippen LogP contribution in [-0.4, -0.2) is 20.4 Å². The van der Waals surface area contributed by atoms with Crippen molar-refractivity contribution in [3.8, 4) is 0 Å². The maximum atomic E-state index is 5.93. The molecule has 0 saturated carbocycles. The summed E-state index contributed by atoms with van der Waals surface area (Å²) in [6.07, 6.45) is 3.00. The van der Waals surface area contributed by atoms with Crippen molar-refractivity contribution in [2.75, 3.05) is 5.73 Å². The molecule has 7 heteroatoms. The fourth-order valence-electron chi connectivity index (χ4n) is 1.23. The van der Waals surface area contributed by atoms with Crippen molar-refractivity contribution in [3.63, 3.8) is 0 Å². The highest BCUT2D eigenvalue weighted by Gasteiger charge is 2.15. The fourth-order valence-corrected chi connectivity index (χ4v) is 1.40. The second-order valence-electron chi connectivity index (χ2n) is 3.00. The Morgan fingerprint density at radius 1 is 1.40 bits per heavy atom. The normalized spacial score (nSPS) is 12.7. The summed E-state index contributed by atoms with van der Waals surface area (Å²) in [6, 6.07) is 1.19. The van der Waals surface area contributed by atoms with E-state index in [1.54, 1.807) is 6.07 Å². The molecule has 0 aliphatic rings. The van der Waals surface area contributed by atoms with Crippen LogP contribution in [0.3, 0.4) is 0 Å². The molecule has 2 heterocycles. The first-order valence-corrected chi connectivity index (χ1v) is 4.58. The molecule has 0 radical (unpaired) electrons. The minimum atomic E-state index is -0.477. The van der Waals surface area contributed by atoms with Gasteiger partial charge in [-0.05, 0) is 6.07 Å². The van der Waals surface area contributed by atoms with Crippen LogP contribution in [0.5, 0.6) is 0 Å². The minimum Gasteiger partial charge on any atom is -0.383 e. The van der Waals surface area contributed by atoms with E-state index < -0.39 is 6.04 Å². The molecule has 5 N–H and O–H groups in total. The van der Waals surface area contributed by atoms with Gasteiger partial charge in [0.1, 0.15) is 11.5 Å². The number of anilines is 1. The molecule has 0 spiro atoms. The maximum absolute atomic E-state index is 5.93. The zero-order valence-electron chi connectivity index (χ0n) is 7.68. The Hall–Kier alpha value is -1.66. The first kappa shape index (κ1) is 9.88. The third-order valence-electron chi connectivity index (χ3n) is 2.00. The topological polar surface area (TPSA) is 106 Å². The van der Waals surface area contributed by atoms with Gasteiger partial charge in [-0.15, -0.1) is 0 Å². The number of nitrogens with two attached hydrogens (primary N) is 2. The van der Waals surface area contributed by atoms with Gasteiger partial charge in [-0.3, -0.25) is 0 Å². The summed E-state index contributed by atoms with van der Waals surface area (Å²) in [5.41, 5.74) is 12.8. The van der Waals surface area contributed by atoms with E-state index in [4.69, 9.17) is 23.1 Å². The van der Waals surface area contributed by atoms with E-state index in [0.29, 0.717) is 22.1 Å². The smallest absolute Gasteiger partial charge is 0.128 e. The number of rotatable bonds is 2. The second-order valence-corrected chi connectivity index (χ2v) is 3.44. The molecular formula is C8H9ClN6. The van der Waals surface area contributed by atoms with E-state index in [1.165, 1.54) is 12.4 Å². The fraction of sp³-hybridized carbons (Fsp3) is 0.125. The monoisotopic (exact) mass is 224 g/mol. The van der Waals surface area contributed by atoms with Crippen molar-refractivity contribution < 1.29 is 0 Å². The Labute approximate surface area is 90.6 Å². The Balaban J connectivity index is 2.41. The SMILES string of the molecule is Nc1ncc(Cl)cc1C(N)c1cn[nH]n1. The molecule has 0 aliphatic carbocycles. The van der Waals surface area contributed by atoms with E-state index in [2.05, 4.69) is 20.4 Å². The Morgan fingerprint density at radius 2 is 2.20 bits per heavy atom. The highest BCUT2D eigenvalue weighted by atomic mass is 35.5. The average molecular weight is 225 g/mol. The zero-order valence-corrected chi connectivity index (χ0v) is 8.44. The first-order chi connectivity index (χ1) is 7.18. The van der Waals surface area contributed by atoms with E-state index >= 15 is 0 Å². The number of hydrogen-bond acceptors (Lipinski definition) is 5. The molecule has 2 aromatic rings. The third-order valence-corrected chi connectivity index (χ3v) is 2.21. The highest BCUT2D eigenvalue weighted by molar-refractivity contribution is 6.30. The van der Waals surface area contributed by atoms with Crippen LogP contribution in [0.25, 0.3) is 0 Å². The van der Waals surface area contributed by atoms with Crippen molar-refractivity contribution >= 4 is 17.4 Å². The number of H-pyrrole nitrogens is 1. The molecule has 6 nitrogen and oxygen atoms in total. The van der Waals surface area contributed by atoms with Gasteiger partial charge in [0.05, 0.1) is 17.3 Å². The number of aromatic amines is 1. The lowest BCUT2D eigenvalue weighted by molar-refractivity contribution is 0.808. The van der Waals surface area contributed by atoms with Crippen LogP contribution in [0.2, 0.25) is 5.02 Å². The van der Waals surface area contributed by atoms with Crippen LogP contribution in [-0.2, 0) is 0 Å². The van der Waals surface area contributed by atoms with Crippen LogP contribution in [0.1, 0.15) is 17.3 Å². The summed E-state index contributed by atoms with van der Waals surface area (Å²) in [4.78, 5) is 3.92. The van der Waals surface area contributed by atoms with Crippen molar-refractivity contribution in [2.45, 2.75) is 6.04 Å². The molecule has 0 aromatic carbocycles. The van der Waals surface area contributed by atoms with Gasteiger partial charge >= 0.3 is 0 Å². The Morgan fingerprint density at radius 3 is 2.87 bits per heavy atom. The quantitative estimate of drug-likeness (QED) is 0.688. The number of nitrogen functional groups attached to an aromatic ring is 1. The van der Waals surface area contributed by atoms with Gasteiger partial charge in [0.25, 0.3) is 0 Å². The summed E-state index contributed by atoms with van der Waals surface area (Å²) >= 11 is 5.80. The Bertz CT molecular complexity index is 454. The lowest BCUT2D eigenvalue weighted by Crippen LogP contribution is -2.15. The van der Waals surface area contributed by atoms with Gasteiger partial charge in [0.15, 0.2) is 0 Å². The van der Waals surface area contributed by atoms with E-state index in [0.717, 1.165) is 0 Å². The summed E-state index contributed by atoms with van der Waals surface area (Å²) in [7, 11) is 0. The van der Waals surface area contributed by atoms with Crippen LogP contribution in [0.15, 0.2) is 18.5 Å². The van der Waals surface area contributed by atoms with E-state index in [9.17, 15) is 0 Å². The molecule has 78 valence electrons. The number of halogens is 1. The first-order valence-electron chi connectivity index (χ1n) is 4.20. The molecule has 2 aromatic heterocycles. The number of nitrogens with one attached hydrogen (secondary N) is 1. The maximum Gasteiger partial charge on any atom is 0.128 e. The molecule has 0 bridgehead atoms. The standard InChI is InChI=1S/C8H9ClN6/c9-4-1-5(8(11)12-2-4)7(10)6-3-13-15-14-6/h1-3,7H,10H2,(H2,11,12)(H,13,14,15). The van der Waals surface area contributed by atoms with E-state index in [-0.39, 0.29) is 0 Å². The van der Waals surface area contributed by atoms with Crippen molar-refractivity contribution in [1.29, 1.82) is 0 Å². The molecule has 0 aliphatic heterocycles. The summed E-state index contributed by atoms with van der Waals surface area (Å²) in [5.74, 6) is 0.343. The highest BCUT2D eigenvalue weighted by Crippen LogP contribution is 2.23. The van der Waals surface area contributed by atoms with Crippen LogP contribution in [0.4, 0.5) is 5.82 Å². The van der Waals surface area contributed by atoms with Gasteiger partial charge in [0.2, 0.25) is 0 Å². The molecule has 2 rings (SSSR count). The lowest BCUT2D eigenvalue weighted by Gasteiger charge is -2.10. The molecule has 1 atom stereocenters. The van der Waals surface area contributed by atoms with Crippen molar-refractivity contribution in [1.82, 2.24) is 20.4 Å². The summed E-state index contributed by atoms with van der Waals surface area (Å²) in [6.45, 7) is 0. The molecular weight excluding hydrogens is 216 g/mol. The second kappa shape index (κ2) is 3.84. The summed E-state index contributed by atoms with van der Waals surface area (Å²) in [5, 5.41) is 10.5. The van der Waals surface area contributed by atoms with E-state index in [1.807, 2.05) is 0 Å².